The Hall–Kier alpha value is -3.39. The molecule has 0 aliphatic carbocycles. The standard InChI is InChI=1S/C23H26N4O4/c1-27-19-10-9-16(25-22(28)15-31-17-6-3-2-4-7-17)14-18(19)26-21(27)11-12-24-23(29)20-8-5-13-30-20/h2-4,6-7,9-10,14,20H,5,8,11-13,15H2,1H3,(H,24,29)(H,25,28). The number of carbonyl (C=O) groups excluding carboxylic acids is 2. The molecule has 4 rings (SSSR count). The smallest absolute Gasteiger partial charge is 0.262 e. The molecule has 1 saturated heterocycles. The second kappa shape index (κ2) is 9.61. The molecule has 1 fully saturated rings. The van der Waals surface area contributed by atoms with Crippen molar-refractivity contribution in [1.82, 2.24) is 14.9 Å². The molecule has 0 spiro atoms. The summed E-state index contributed by atoms with van der Waals surface area (Å²) in [6, 6.07) is 14.8. The number of amides is 2. The highest BCUT2D eigenvalue weighted by atomic mass is 16.5. The zero-order chi connectivity index (χ0) is 21.6. The number of nitrogens with one attached hydrogen (secondary N) is 2. The van der Waals surface area contributed by atoms with Crippen LogP contribution >= 0.6 is 0 Å². The molecule has 2 N–H and O–H groups in total. The van der Waals surface area contributed by atoms with Gasteiger partial charge in [0.2, 0.25) is 5.91 Å². The van der Waals surface area contributed by atoms with Gasteiger partial charge >= 0.3 is 0 Å². The van der Waals surface area contributed by atoms with Crippen molar-refractivity contribution < 1.29 is 19.1 Å². The van der Waals surface area contributed by atoms with E-state index in [1.54, 1.807) is 12.1 Å². The summed E-state index contributed by atoms with van der Waals surface area (Å²) < 4.78 is 12.9. The Labute approximate surface area is 180 Å². The lowest BCUT2D eigenvalue weighted by Gasteiger charge is -2.10. The lowest BCUT2D eigenvalue weighted by molar-refractivity contribution is -0.130. The van der Waals surface area contributed by atoms with Gasteiger partial charge in [0, 0.05) is 32.3 Å². The van der Waals surface area contributed by atoms with Crippen LogP contribution in [0.2, 0.25) is 0 Å². The first-order valence-corrected chi connectivity index (χ1v) is 10.4. The molecule has 1 aliphatic heterocycles. The molecule has 8 heteroatoms. The van der Waals surface area contributed by atoms with Crippen molar-refractivity contribution in [2.75, 3.05) is 25.1 Å². The summed E-state index contributed by atoms with van der Waals surface area (Å²) in [6.45, 7) is 1.08. The van der Waals surface area contributed by atoms with Gasteiger partial charge in [0.1, 0.15) is 17.7 Å². The van der Waals surface area contributed by atoms with Gasteiger partial charge < -0.3 is 24.7 Å². The van der Waals surface area contributed by atoms with Crippen molar-refractivity contribution in [2.45, 2.75) is 25.4 Å². The van der Waals surface area contributed by atoms with Crippen LogP contribution in [0.15, 0.2) is 48.5 Å². The first kappa shape index (κ1) is 20.9. The molecular weight excluding hydrogens is 396 g/mol. The summed E-state index contributed by atoms with van der Waals surface area (Å²) in [6.07, 6.45) is 2.00. The number of para-hydroxylation sites is 1. The molecule has 2 heterocycles. The fourth-order valence-electron chi connectivity index (χ4n) is 3.61. The third-order valence-electron chi connectivity index (χ3n) is 5.24. The van der Waals surface area contributed by atoms with Crippen LogP contribution in [0.3, 0.4) is 0 Å². The third-order valence-corrected chi connectivity index (χ3v) is 5.24. The van der Waals surface area contributed by atoms with E-state index in [2.05, 4.69) is 15.6 Å². The van der Waals surface area contributed by atoms with Crippen molar-refractivity contribution in [1.29, 1.82) is 0 Å². The van der Waals surface area contributed by atoms with E-state index in [1.165, 1.54) is 0 Å². The maximum Gasteiger partial charge on any atom is 0.262 e. The summed E-state index contributed by atoms with van der Waals surface area (Å²) in [5.41, 5.74) is 2.40. The van der Waals surface area contributed by atoms with Gasteiger partial charge in [-0.1, -0.05) is 18.2 Å². The molecule has 1 aliphatic rings. The van der Waals surface area contributed by atoms with Gasteiger partial charge in [-0.2, -0.15) is 0 Å². The molecule has 0 saturated carbocycles. The zero-order valence-corrected chi connectivity index (χ0v) is 17.5. The maximum absolute atomic E-state index is 12.2. The number of aromatic nitrogens is 2. The SMILES string of the molecule is Cn1c(CCNC(=O)C2CCCO2)nc2cc(NC(=O)COc3ccccc3)ccc21. The van der Waals surface area contributed by atoms with Crippen molar-refractivity contribution in [2.24, 2.45) is 7.05 Å². The van der Waals surface area contributed by atoms with Crippen LogP contribution in [0.1, 0.15) is 18.7 Å². The number of imidazole rings is 1. The van der Waals surface area contributed by atoms with Gasteiger partial charge in [0.15, 0.2) is 6.61 Å². The summed E-state index contributed by atoms with van der Waals surface area (Å²) in [5, 5.41) is 5.76. The van der Waals surface area contributed by atoms with E-state index in [1.807, 2.05) is 48.0 Å². The molecule has 1 unspecified atom stereocenters. The normalized spacial score (nSPS) is 15.7. The fraction of sp³-hybridized carbons (Fsp3) is 0.348. The topological polar surface area (TPSA) is 94.5 Å². The molecule has 3 aromatic rings. The minimum atomic E-state index is -0.322. The number of ether oxygens (including phenoxy) is 2. The lowest BCUT2D eigenvalue weighted by atomic mass is 10.2. The highest BCUT2D eigenvalue weighted by Gasteiger charge is 2.23. The predicted octanol–water partition coefficient (Wildman–Crippen LogP) is 2.43. The average molecular weight is 422 g/mol. The minimum Gasteiger partial charge on any atom is -0.484 e. The van der Waals surface area contributed by atoms with Gasteiger partial charge in [0.05, 0.1) is 11.0 Å². The number of hydrogen-bond donors (Lipinski definition) is 2. The highest BCUT2D eigenvalue weighted by Crippen LogP contribution is 2.20. The number of nitrogens with zero attached hydrogens (tertiary/aromatic N) is 2. The first-order valence-electron chi connectivity index (χ1n) is 10.4. The van der Waals surface area contributed by atoms with Gasteiger partial charge in [-0.15, -0.1) is 0 Å². The molecular formula is C23H26N4O4. The van der Waals surface area contributed by atoms with E-state index < -0.39 is 0 Å². The maximum atomic E-state index is 12.2. The number of anilines is 1. The molecule has 31 heavy (non-hydrogen) atoms. The van der Waals surface area contributed by atoms with Crippen molar-refractivity contribution >= 4 is 28.5 Å². The summed E-state index contributed by atoms with van der Waals surface area (Å²) in [7, 11) is 1.94. The van der Waals surface area contributed by atoms with Gasteiger partial charge in [-0.05, 0) is 43.2 Å². The van der Waals surface area contributed by atoms with Crippen molar-refractivity contribution in [3.63, 3.8) is 0 Å². The zero-order valence-electron chi connectivity index (χ0n) is 17.5. The van der Waals surface area contributed by atoms with Crippen LogP contribution in [0.5, 0.6) is 5.75 Å². The quantitative estimate of drug-likeness (QED) is 0.582. The molecule has 0 radical (unpaired) electrons. The molecule has 162 valence electrons. The van der Waals surface area contributed by atoms with E-state index in [0.717, 1.165) is 29.7 Å². The van der Waals surface area contributed by atoms with E-state index >= 15 is 0 Å². The van der Waals surface area contributed by atoms with E-state index in [0.29, 0.717) is 31.0 Å². The third kappa shape index (κ3) is 5.21. The summed E-state index contributed by atoms with van der Waals surface area (Å²) >= 11 is 0. The predicted molar refractivity (Wildman–Crippen MR) is 117 cm³/mol. The number of rotatable bonds is 8. The molecule has 2 aromatic carbocycles. The average Bonchev–Trinajstić information content (AvgIpc) is 3.42. The van der Waals surface area contributed by atoms with Gasteiger partial charge in [-0.25, -0.2) is 4.98 Å². The highest BCUT2D eigenvalue weighted by molar-refractivity contribution is 5.94. The Morgan fingerprint density at radius 3 is 2.84 bits per heavy atom. The number of aryl methyl sites for hydroxylation is 1. The van der Waals surface area contributed by atoms with Crippen LogP contribution in [-0.2, 0) is 27.8 Å². The Kier molecular flexibility index (Phi) is 6.47. The lowest BCUT2D eigenvalue weighted by Crippen LogP contribution is -2.35. The van der Waals surface area contributed by atoms with Crippen molar-refractivity contribution in [3.8, 4) is 5.75 Å². The van der Waals surface area contributed by atoms with Gasteiger partial charge in [-0.3, -0.25) is 9.59 Å². The monoisotopic (exact) mass is 422 g/mol. The van der Waals surface area contributed by atoms with Crippen LogP contribution < -0.4 is 15.4 Å². The molecule has 8 nitrogen and oxygen atoms in total. The van der Waals surface area contributed by atoms with E-state index in [-0.39, 0.29) is 24.5 Å². The van der Waals surface area contributed by atoms with Crippen molar-refractivity contribution in [3.05, 3.63) is 54.4 Å². The van der Waals surface area contributed by atoms with E-state index in [4.69, 9.17) is 9.47 Å². The van der Waals surface area contributed by atoms with Crippen LogP contribution in [0, 0.1) is 0 Å². The number of benzene rings is 2. The number of carbonyl (C=O) groups is 2. The van der Waals surface area contributed by atoms with Gasteiger partial charge in [0.25, 0.3) is 5.91 Å². The Bertz CT molecular complexity index is 1060. The molecule has 0 bridgehead atoms. The Morgan fingerprint density at radius 1 is 1.23 bits per heavy atom. The molecule has 1 atom stereocenters. The summed E-state index contributed by atoms with van der Waals surface area (Å²) in [5.74, 6) is 1.21. The first-order chi connectivity index (χ1) is 15.1. The number of fused-ring (bicyclic) bond motifs is 1. The van der Waals surface area contributed by atoms with Crippen LogP contribution in [-0.4, -0.2) is 47.2 Å². The largest absolute Gasteiger partial charge is 0.484 e. The van der Waals surface area contributed by atoms with Crippen LogP contribution in [0.25, 0.3) is 11.0 Å². The Balaban J connectivity index is 1.33. The minimum absolute atomic E-state index is 0.0565. The fourth-order valence-corrected chi connectivity index (χ4v) is 3.61. The molecule has 2 amide bonds. The molecule has 1 aromatic heterocycles. The van der Waals surface area contributed by atoms with Crippen LogP contribution in [0.4, 0.5) is 5.69 Å². The second-order valence-electron chi connectivity index (χ2n) is 7.48. The van der Waals surface area contributed by atoms with E-state index in [9.17, 15) is 9.59 Å². The Morgan fingerprint density at radius 2 is 2.06 bits per heavy atom. The number of hydrogen-bond acceptors (Lipinski definition) is 5. The second-order valence-corrected chi connectivity index (χ2v) is 7.48. The summed E-state index contributed by atoms with van der Waals surface area (Å²) in [4.78, 5) is 28.9.